The van der Waals surface area contributed by atoms with Gasteiger partial charge in [-0.3, -0.25) is 14.2 Å². The summed E-state index contributed by atoms with van der Waals surface area (Å²) in [5.41, 5.74) is 2.09. The summed E-state index contributed by atoms with van der Waals surface area (Å²) in [7, 11) is 3.26. The molecule has 1 heterocycles. The predicted octanol–water partition coefficient (Wildman–Crippen LogP) is 4.73. The summed E-state index contributed by atoms with van der Waals surface area (Å²) < 4.78 is 6.73. The zero-order chi connectivity index (χ0) is 23.6. The van der Waals surface area contributed by atoms with Crippen molar-refractivity contribution in [3.63, 3.8) is 0 Å². The molecule has 0 aliphatic heterocycles. The van der Waals surface area contributed by atoms with Crippen molar-refractivity contribution in [2.24, 2.45) is 7.05 Å². The highest BCUT2D eigenvalue weighted by atomic mass is 35.5. The third-order valence-electron chi connectivity index (χ3n) is 5.71. The number of halogens is 1. The fraction of sp³-hybridized carbons (Fsp3) is 0.400. The van der Waals surface area contributed by atoms with Crippen LogP contribution in [0.1, 0.15) is 55.5 Å². The van der Waals surface area contributed by atoms with E-state index in [1.54, 1.807) is 37.3 Å². The second-order valence-corrected chi connectivity index (χ2v) is 9.43. The number of methoxy groups -OCH3 is 1. The van der Waals surface area contributed by atoms with Crippen molar-refractivity contribution in [2.45, 2.75) is 39.2 Å². The lowest BCUT2D eigenvalue weighted by molar-refractivity contribution is 0.0604. The molecule has 6 nitrogen and oxygen atoms in total. The molecule has 0 aliphatic rings. The maximum absolute atomic E-state index is 13.5. The van der Waals surface area contributed by atoms with Crippen molar-refractivity contribution in [1.82, 2.24) is 14.5 Å². The number of benzene rings is 2. The molecule has 0 radical (unpaired) electrons. The quantitative estimate of drug-likeness (QED) is 0.538. The van der Waals surface area contributed by atoms with Crippen LogP contribution in [0.2, 0.25) is 5.02 Å². The lowest BCUT2D eigenvalue weighted by atomic mass is 9.86. The molecule has 0 saturated carbocycles. The minimum absolute atomic E-state index is 0.000791. The monoisotopic (exact) mass is 455 g/mol. The van der Waals surface area contributed by atoms with Crippen molar-refractivity contribution in [1.29, 1.82) is 0 Å². The SMILES string of the molecule is COCCN(C(=O)c1ccc(C(C)(C)C)cc1)C(C)c1nc2ccc(Cl)cc2c(=O)n1C. The van der Waals surface area contributed by atoms with Gasteiger partial charge >= 0.3 is 0 Å². The molecule has 1 amide bonds. The van der Waals surface area contributed by atoms with Crippen LogP contribution in [0.15, 0.2) is 47.3 Å². The molecule has 1 atom stereocenters. The Labute approximate surface area is 193 Å². The molecule has 3 aromatic rings. The van der Waals surface area contributed by atoms with Crippen LogP contribution < -0.4 is 5.56 Å². The number of aromatic nitrogens is 2. The van der Waals surface area contributed by atoms with Crippen LogP contribution in [-0.2, 0) is 17.2 Å². The molecule has 3 rings (SSSR count). The Balaban J connectivity index is 2.02. The van der Waals surface area contributed by atoms with Gasteiger partial charge in [0, 0.05) is 31.3 Å². The van der Waals surface area contributed by atoms with E-state index in [9.17, 15) is 9.59 Å². The van der Waals surface area contributed by atoms with Crippen LogP contribution >= 0.6 is 11.6 Å². The third kappa shape index (κ3) is 4.87. The van der Waals surface area contributed by atoms with E-state index in [1.165, 1.54) is 4.57 Å². The van der Waals surface area contributed by atoms with E-state index in [0.717, 1.165) is 5.56 Å². The molecule has 2 aromatic carbocycles. The number of carbonyl (C=O) groups is 1. The standard InChI is InChI=1S/C25H30ClN3O3/c1-16(22-27-21-12-11-19(26)15-20(21)24(31)28(22)5)29(13-14-32-6)23(30)17-7-9-18(10-8-17)25(2,3)4/h7-12,15-16H,13-14H2,1-6H3. The van der Waals surface area contributed by atoms with Crippen LogP contribution in [0.3, 0.4) is 0 Å². The smallest absolute Gasteiger partial charge is 0.261 e. The molecule has 0 fully saturated rings. The first kappa shape index (κ1) is 24.0. The molecule has 0 aliphatic carbocycles. The number of fused-ring (bicyclic) bond motifs is 1. The van der Waals surface area contributed by atoms with Crippen LogP contribution in [0.5, 0.6) is 0 Å². The Morgan fingerprint density at radius 3 is 2.44 bits per heavy atom. The van der Waals surface area contributed by atoms with E-state index in [-0.39, 0.29) is 16.9 Å². The van der Waals surface area contributed by atoms with Gasteiger partial charge in [0.25, 0.3) is 11.5 Å². The Morgan fingerprint density at radius 2 is 1.84 bits per heavy atom. The number of nitrogens with zero attached hydrogens (tertiary/aromatic N) is 3. The second kappa shape index (κ2) is 9.43. The molecule has 170 valence electrons. The summed E-state index contributed by atoms with van der Waals surface area (Å²) >= 11 is 6.06. The maximum Gasteiger partial charge on any atom is 0.261 e. The van der Waals surface area contributed by atoms with Gasteiger partial charge in [0.2, 0.25) is 0 Å². The second-order valence-electron chi connectivity index (χ2n) is 8.99. The Morgan fingerprint density at radius 1 is 1.19 bits per heavy atom. The van der Waals surface area contributed by atoms with Gasteiger partial charge in [-0.25, -0.2) is 4.98 Å². The van der Waals surface area contributed by atoms with E-state index in [2.05, 4.69) is 20.8 Å². The van der Waals surface area contributed by atoms with E-state index >= 15 is 0 Å². The van der Waals surface area contributed by atoms with E-state index in [1.807, 2.05) is 31.2 Å². The first-order valence-electron chi connectivity index (χ1n) is 10.6. The lowest BCUT2D eigenvalue weighted by Gasteiger charge is -2.30. The molecule has 7 heteroatoms. The van der Waals surface area contributed by atoms with Crippen LogP contribution in [0.25, 0.3) is 10.9 Å². The van der Waals surface area contributed by atoms with E-state index in [4.69, 9.17) is 21.3 Å². The third-order valence-corrected chi connectivity index (χ3v) is 5.94. The molecule has 0 saturated heterocycles. The van der Waals surface area contributed by atoms with Crippen molar-refractivity contribution >= 4 is 28.4 Å². The van der Waals surface area contributed by atoms with Crippen molar-refractivity contribution in [3.05, 3.63) is 74.8 Å². The molecule has 1 unspecified atom stereocenters. The van der Waals surface area contributed by atoms with Crippen molar-refractivity contribution < 1.29 is 9.53 Å². The highest BCUT2D eigenvalue weighted by molar-refractivity contribution is 6.31. The van der Waals surface area contributed by atoms with Gasteiger partial charge in [-0.1, -0.05) is 44.5 Å². The van der Waals surface area contributed by atoms with Crippen LogP contribution in [0, 0.1) is 0 Å². The fourth-order valence-corrected chi connectivity index (χ4v) is 3.88. The lowest BCUT2D eigenvalue weighted by Crippen LogP contribution is -2.39. The average Bonchev–Trinajstić information content (AvgIpc) is 2.76. The highest BCUT2D eigenvalue weighted by Crippen LogP contribution is 2.25. The number of hydrogen-bond acceptors (Lipinski definition) is 4. The van der Waals surface area contributed by atoms with Crippen molar-refractivity contribution in [3.8, 4) is 0 Å². The largest absolute Gasteiger partial charge is 0.383 e. The number of hydrogen-bond donors (Lipinski definition) is 0. The summed E-state index contributed by atoms with van der Waals surface area (Å²) in [5.74, 6) is 0.362. The van der Waals surface area contributed by atoms with Gasteiger partial charge in [-0.15, -0.1) is 0 Å². The van der Waals surface area contributed by atoms with Gasteiger partial charge in [-0.05, 0) is 48.2 Å². The molecular weight excluding hydrogens is 426 g/mol. The Kier molecular flexibility index (Phi) is 7.06. The highest BCUT2D eigenvalue weighted by Gasteiger charge is 2.26. The molecular formula is C25H30ClN3O3. The summed E-state index contributed by atoms with van der Waals surface area (Å²) in [6.07, 6.45) is 0. The maximum atomic E-state index is 13.5. The first-order valence-corrected chi connectivity index (χ1v) is 11.0. The number of carbonyl (C=O) groups excluding carboxylic acids is 1. The normalized spacial score (nSPS) is 12.7. The van der Waals surface area contributed by atoms with Crippen LogP contribution in [-0.4, -0.2) is 40.6 Å². The summed E-state index contributed by atoms with van der Waals surface area (Å²) in [4.78, 5) is 32.8. The van der Waals surface area contributed by atoms with Gasteiger partial charge in [-0.2, -0.15) is 0 Å². The minimum Gasteiger partial charge on any atom is -0.383 e. The molecule has 32 heavy (non-hydrogen) atoms. The van der Waals surface area contributed by atoms with Crippen molar-refractivity contribution in [2.75, 3.05) is 20.3 Å². The van der Waals surface area contributed by atoms with Gasteiger partial charge in [0.05, 0.1) is 23.6 Å². The average molecular weight is 456 g/mol. The number of rotatable bonds is 6. The summed E-state index contributed by atoms with van der Waals surface area (Å²) in [6, 6.07) is 12.3. The van der Waals surface area contributed by atoms with Gasteiger partial charge < -0.3 is 9.64 Å². The Hall–Kier alpha value is -2.70. The number of amides is 1. The summed E-state index contributed by atoms with van der Waals surface area (Å²) in [6.45, 7) is 9.02. The van der Waals surface area contributed by atoms with Gasteiger partial charge in [0.15, 0.2) is 0 Å². The first-order chi connectivity index (χ1) is 15.0. The van der Waals surface area contributed by atoms with E-state index in [0.29, 0.717) is 40.5 Å². The van der Waals surface area contributed by atoms with Gasteiger partial charge in [0.1, 0.15) is 5.82 Å². The Bertz CT molecular complexity index is 1180. The molecule has 0 spiro atoms. The summed E-state index contributed by atoms with van der Waals surface area (Å²) in [5, 5.41) is 0.927. The minimum atomic E-state index is -0.447. The topological polar surface area (TPSA) is 64.4 Å². The predicted molar refractivity (Wildman–Crippen MR) is 128 cm³/mol. The van der Waals surface area contributed by atoms with E-state index < -0.39 is 6.04 Å². The fourth-order valence-electron chi connectivity index (χ4n) is 3.71. The molecule has 1 aromatic heterocycles. The zero-order valence-electron chi connectivity index (χ0n) is 19.5. The zero-order valence-corrected chi connectivity index (χ0v) is 20.2. The van der Waals surface area contributed by atoms with Crippen LogP contribution in [0.4, 0.5) is 0 Å². The molecule has 0 bridgehead atoms. The molecule has 0 N–H and O–H groups in total. The number of ether oxygens (including phenoxy) is 1.